The van der Waals surface area contributed by atoms with Crippen molar-refractivity contribution in [1.82, 2.24) is 14.2 Å². The fourth-order valence-corrected chi connectivity index (χ4v) is 6.29. The van der Waals surface area contributed by atoms with E-state index < -0.39 is 44.7 Å². The van der Waals surface area contributed by atoms with E-state index in [1.54, 1.807) is 43.5 Å². The van der Waals surface area contributed by atoms with E-state index >= 15 is 0 Å². The topological polar surface area (TPSA) is 129 Å². The minimum atomic E-state index is -1.69. The van der Waals surface area contributed by atoms with Gasteiger partial charge in [-0.25, -0.2) is 16.0 Å². The number of aliphatic hydroxyl groups is 1. The van der Waals surface area contributed by atoms with Crippen molar-refractivity contribution in [3.05, 3.63) is 69.6 Å². The fraction of sp³-hybridized carbons (Fsp3) is 0.548. The number of nitrogens with one attached hydrogen (secondary N) is 1. The number of nitrogens with zero attached hydrogens (tertiary/aromatic N) is 4. The Morgan fingerprint density at radius 1 is 1.34 bits per heavy atom. The summed E-state index contributed by atoms with van der Waals surface area (Å²) in [6, 6.07) is 8.74. The molecule has 0 bridgehead atoms. The molecule has 0 saturated carbocycles. The Balaban J connectivity index is 0.00000236. The highest BCUT2D eigenvalue weighted by Gasteiger charge is 2.48. The summed E-state index contributed by atoms with van der Waals surface area (Å²) in [5.41, 5.74) is 0.284. The van der Waals surface area contributed by atoms with Crippen LogP contribution in [0.1, 0.15) is 64.5 Å². The number of aliphatic hydroxyl groups excluding tert-OH is 1. The number of carbonyl (C=O) groups is 1. The number of hydrogen-bond donors (Lipinski definition) is 2. The number of anilines is 1. The van der Waals surface area contributed by atoms with Gasteiger partial charge in [0.15, 0.2) is 6.23 Å². The van der Waals surface area contributed by atoms with Gasteiger partial charge in [-0.3, -0.25) is 9.36 Å². The van der Waals surface area contributed by atoms with Gasteiger partial charge in [0.05, 0.1) is 12.7 Å². The highest BCUT2D eigenvalue weighted by atomic mass is 31.2. The van der Waals surface area contributed by atoms with Crippen molar-refractivity contribution in [3.8, 4) is 12.3 Å². The van der Waals surface area contributed by atoms with Gasteiger partial charge in [-0.2, -0.15) is 4.98 Å². The highest BCUT2D eigenvalue weighted by molar-refractivity contribution is 7.44. The summed E-state index contributed by atoms with van der Waals surface area (Å²) in [7, 11) is -0.395. The molecule has 44 heavy (non-hydrogen) atoms. The summed E-state index contributed by atoms with van der Waals surface area (Å²) in [6.45, 7) is 17.3. The van der Waals surface area contributed by atoms with Crippen molar-refractivity contribution in [3.63, 3.8) is 0 Å². The Morgan fingerprint density at radius 3 is 2.61 bits per heavy atom. The third-order valence-electron chi connectivity index (χ3n) is 6.38. The van der Waals surface area contributed by atoms with E-state index in [9.17, 15) is 9.59 Å². The van der Waals surface area contributed by atoms with Crippen molar-refractivity contribution in [2.75, 3.05) is 32.2 Å². The normalized spacial score (nSPS) is 20.7. The summed E-state index contributed by atoms with van der Waals surface area (Å²) in [5, 5.41) is 6.20. The largest absolute Gasteiger partial charge is 0.400 e. The Morgan fingerprint density at radius 2 is 2.02 bits per heavy atom. The van der Waals surface area contributed by atoms with Crippen LogP contribution in [-0.4, -0.2) is 83.9 Å². The maximum absolute atomic E-state index is 13.3. The van der Waals surface area contributed by atoms with Crippen molar-refractivity contribution in [2.24, 2.45) is 0 Å². The highest BCUT2D eigenvalue weighted by Crippen LogP contribution is 2.50. The van der Waals surface area contributed by atoms with Gasteiger partial charge in [0.1, 0.15) is 24.6 Å². The second-order valence-corrected chi connectivity index (χ2v) is 11.6. The number of aryl methyl sites for hydroxylation is 1. The maximum Gasteiger partial charge on any atom is 0.351 e. The van der Waals surface area contributed by atoms with Crippen LogP contribution in [0.5, 0.6) is 0 Å². The lowest BCUT2D eigenvalue weighted by atomic mass is 10.1. The zero-order chi connectivity index (χ0) is 34.2. The van der Waals surface area contributed by atoms with Crippen molar-refractivity contribution >= 4 is 20.3 Å². The Labute approximate surface area is 264 Å². The number of hydrogen-bond acceptors (Lipinski definition) is 9. The number of ether oxygens (including phenoxy) is 2. The number of carbonyl (C=O) groups excluding carboxylic acids is 1. The lowest BCUT2D eigenvalue weighted by Gasteiger charge is -2.37. The summed E-state index contributed by atoms with van der Waals surface area (Å²) < 4.78 is 42.4. The van der Waals surface area contributed by atoms with E-state index in [0.29, 0.717) is 17.5 Å². The van der Waals surface area contributed by atoms with Crippen molar-refractivity contribution in [1.29, 1.82) is 1.43 Å². The van der Waals surface area contributed by atoms with Crippen LogP contribution in [0.15, 0.2) is 41.3 Å². The molecule has 1 aliphatic rings. The zero-order valence-corrected chi connectivity index (χ0v) is 27.0. The molecule has 1 amide bonds. The molecule has 3 rings (SSSR count). The molecule has 2 N–H and O–H groups in total. The molecule has 1 aromatic carbocycles. The molecule has 2 heterocycles. The van der Waals surface area contributed by atoms with Crippen LogP contribution in [0.4, 0.5) is 5.82 Å². The molecule has 2 aromatic rings. The first-order valence-corrected chi connectivity index (χ1v) is 15.3. The molecule has 5 atom stereocenters. The second kappa shape index (κ2) is 18.6. The predicted octanol–water partition coefficient (Wildman–Crippen LogP) is 4.41. The summed E-state index contributed by atoms with van der Waals surface area (Å²) >= 11 is 0. The van der Waals surface area contributed by atoms with Crippen LogP contribution < -0.4 is 11.0 Å². The van der Waals surface area contributed by atoms with Gasteiger partial charge in [0.25, 0.3) is 14.4 Å². The molecule has 3 unspecified atom stereocenters. The second-order valence-electron chi connectivity index (χ2n) is 10.2. The number of aromatic nitrogens is 2. The Bertz CT molecular complexity index is 1360. The average molecular weight is 633 g/mol. The molecule has 12 nitrogen and oxygen atoms in total. The fourth-order valence-electron chi connectivity index (χ4n) is 4.53. The average Bonchev–Trinajstić information content (AvgIpc) is 3.36. The van der Waals surface area contributed by atoms with Crippen LogP contribution in [0.2, 0.25) is 0 Å². The Hall–Kier alpha value is -3.19. The van der Waals surface area contributed by atoms with Gasteiger partial charge in [-0.05, 0) is 53.7 Å². The molecule has 240 valence electrons. The van der Waals surface area contributed by atoms with E-state index in [4.69, 9.17) is 34.3 Å². The van der Waals surface area contributed by atoms with E-state index in [0.717, 1.165) is 0 Å². The third kappa shape index (κ3) is 9.91. The van der Waals surface area contributed by atoms with E-state index in [1.807, 2.05) is 27.7 Å². The van der Waals surface area contributed by atoms with Gasteiger partial charge >= 0.3 is 5.69 Å². The molecular weight excluding hydrogens is 585 g/mol. The van der Waals surface area contributed by atoms with Crippen LogP contribution in [0.25, 0.3) is 4.85 Å². The van der Waals surface area contributed by atoms with E-state index in [-0.39, 0.29) is 44.6 Å². The monoisotopic (exact) mass is 632 g/mol. The zero-order valence-electron chi connectivity index (χ0n) is 28.1. The smallest absolute Gasteiger partial charge is 0.351 e. The van der Waals surface area contributed by atoms with Crippen molar-refractivity contribution in [2.45, 2.75) is 84.6 Å². The van der Waals surface area contributed by atoms with Crippen LogP contribution in [0.3, 0.4) is 0 Å². The lowest BCUT2D eigenvalue weighted by Crippen LogP contribution is -2.41. The molecule has 0 aliphatic carbocycles. The van der Waals surface area contributed by atoms with Crippen LogP contribution in [0, 0.1) is 25.8 Å². The molecule has 1 aliphatic heterocycles. The van der Waals surface area contributed by atoms with E-state index in [1.165, 1.54) is 11.7 Å². The summed E-state index contributed by atoms with van der Waals surface area (Å²) in [6.07, 6.45) is 3.97. The molecule has 1 saturated heterocycles. The lowest BCUT2D eigenvalue weighted by molar-refractivity contribution is -0.0668. The minimum absolute atomic E-state index is 0.0561. The first kappa shape index (κ1) is 33.7. The van der Waals surface area contributed by atoms with E-state index in [2.05, 4.69) is 30.8 Å². The van der Waals surface area contributed by atoms with Gasteiger partial charge in [-0.15, -0.1) is 12.3 Å². The Kier molecular flexibility index (Phi) is 14.2. The number of terminal acetylenes is 1. The molecule has 13 heteroatoms. The molecule has 0 radical (unpaired) electrons. The first-order chi connectivity index (χ1) is 22.0. The SMILES string of the molecule is [2H]C[C@H]1O[C@@H](n2cc(C)c(NC(=O)c3ccccc3)nc2=O)C(OCCC#C)C1OP(OCC[N+]#[C-])N(C(C)C)C(C)C.[3H]OC. The van der Waals surface area contributed by atoms with Crippen LogP contribution in [-0.2, 0) is 18.5 Å². The molecule has 1 fully saturated rings. The molecule has 0 spiro atoms. The predicted molar refractivity (Wildman–Crippen MR) is 170 cm³/mol. The van der Waals surface area contributed by atoms with Gasteiger partial charge < -0.3 is 33.8 Å². The maximum atomic E-state index is 13.3. The van der Waals surface area contributed by atoms with Crippen LogP contribution >= 0.6 is 8.53 Å². The number of rotatable bonds is 14. The standard InChI is InChI=1S/C30H40N5O6P.CH4O/c1-9-10-17-38-26-25(41-42(39-18-16-31-8)35(20(2)3)21(4)5)23(7)40-29(26)34-19-22(6)27(33-30(34)37)32-28(36)24-14-12-11-13-15-24;1-2/h1,11-15,19-21,23,25-26,29H,10,16-18H2,2-7H3,(H,32,33,36,37);2H,1H3/t23-,25?,26?,29-,42?;/m1./s1/i7D;2T. The first-order valence-electron chi connectivity index (χ1n) is 15.3. The van der Waals surface area contributed by atoms with Gasteiger partial charge in [-0.1, -0.05) is 18.2 Å². The minimum Gasteiger partial charge on any atom is -0.400 e. The summed E-state index contributed by atoms with van der Waals surface area (Å²) in [4.78, 5) is 33.6. The molecular formula is C31H44N5O7P. The quantitative estimate of drug-likeness (QED) is 0.135. The van der Waals surface area contributed by atoms with Gasteiger partial charge in [0.2, 0.25) is 7.98 Å². The molecule has 1 aromatic heterocycles. The third-order valence-corrected chi connectivity index (χ3v) is 8.51. The number of benzene rings is 1. The van der Waals surface area contributed by atoms with Gasteiger partial charge in [0, 0.05) is 44.3 Å². The van der Waals surface area contributed by atoms with Crippen molar-refractivity contribution < 1.29 is 29.8 Å². The number of amides is 1. The summed E-state index contributed by atoms with van der Waals surface area (Å²) in [5.74, 6) is 2.28.